The highest BCUT2D eigenvalue weighted by atomic mass is 16.3. The van der Waals surface area contributed by atoms with Crippen molar-refractivity contribution >= 4 is 77.5 Å². The highest BCUT2D eigenvalue weighted by molar-refractivity contribution is 6.15. The lowest BCUT2D eigenvalue weighted by Crippen LogP contribution is -2.11. The van der Waals surface area contributed by atoms with E-state index in [0.29, 0.717) is 0 Å². The highest BCUT2D eigenvalue weighted by Crippen LogP contribution is 2.47. The molecule has 0 amide bonds. The molecule has 2 heterocycles. The minimum atomic E-state index is 0.892. The summed E-state index contributed by atoms with van der Waals surface area (Å²) in [4.78, 5) is 2.43. The molecule has 0 unspecified atom stereocenters. The van der Waals surface area contributed by atoms with Gasteiger partial charge in [0.05, 0.1) is 16.9 Å². The molecular weight excluding hydrogens is 861 g/mol. The van der Waals surface area contributed by atoms with Gasteiger partial charge in [0.2, 0.25) is 0 Å². The van der Waals surface area contributed by atoms with Crippen LogP contribution in [0.3, 0.4) is 0 Å². The maximum absolute atomic E-state index is 6.61. The largest absolute Gasteiger partial charge is 0.455 e. The number of anilines is 3. The van der Waals surface area contributed by atoms with Gasteiger partial charge in [0.15, 0.2) is 0 Å². The number of benzene rings is 11. The molecule has 0 fully saturated rings. The fourth-order valence-corrected chi connectivity index (χ4v) is 11.5. The van der Waals surface area contributed by atoms with Crippen LogP contribution in [0.2, 0.25) is 0 Å². The molecule has 0 radical (unpaired) electrons. The van der Waals surface area contributed by atoms with Crippen LogP contribution in [0.25, 0.3) is 111 Å². The van der Waals surface area contributed by atoms with Gasteiger partial charge in [-0.1, -0.05) is 194 Å². The smallest absolute Gasteiger partial charge is 0.143 e. The maximum atomic E-state index is 6.61. The van der Waals surface area contributed by atoms with E-state index in [4.69, 9.17) is 4.42 Å². The van der Waals surface area contributed by atoms with E-state index < -0.39 is 0 Å². The van der Waals surface area contributed by atoms with Crippen LogP contribution in [0, 0.1) is 0 Å². The molecule has 1 aliphatic rings. The van der Waals surface area contributed by atoms with Gasteiger partial charge in [-0.15, -0.1) is 0 Å². The van der Waals surface area contributed by atoms with Crippen molar-refractivity contribution in [3.05, 3.63) is 260 Å². The summed E-state index contributed by atoms with van der Waals surface area (Å²) >= 11 is 0. The van der Waals surface area contributed by atoms with Crippen LogP contribution in [0.15, 0.2) is 253 Å². The quantitative estimate of drug-likeness (QED) is 0.142. The molecule has 11 aromatic carbocycles. The number of aryl methyl sites for hydroxylation is 1. The normalized spacial score (nSPS) is 12.3. The summed E-state index contributed by atoms with van der Waals surface area (Å²) < 4.78 is 9.09. The second-order valence-electron chi connectivity index (χ2n) is 18.6. The molecule has 0 saturated carbocycles. The Bertz CT molecular complexity index is 4240. The topological polar surface area (TPSA) is 21.3 Å². The van der Waals surface area contributed by atoms with Crippen LogP contribution >= 0.6 is 0 Å². The first kappa shape index (κ1) is 40.8. The zero-order valence-electron chi connectivity index (χ0n) is 39.0. The SMILES string of the molecule is C1=Cc2c(c3ccccc3n2-c2ccccc2-c2ccccc2-c2ccc(N(c3cccc(-c4cccc5c4oc4ccccc45)c3)c3ccccc3-c3cc4ccccc4c4ccccc34)cc2)CC1. The Morgan fingerprint density at radius 1 is 0.394 bits per heavy atom. The summed E-state index contributed by atoms with van der Waals surface area (Å²) in [6.07, 6.45) is 6.75. The summed E-state index contributed by atoms with van der Waals surface area (Å²) in [6.45, 7) is 0. The van der Waals surface area contributed by atoms with Crippen molar-refractivity contribution in [1.29, 1.82) is 0 Å². The average Bonchev–Trinajstić information content (AvgIpc) is 4.00. The fraction of sp³-hybridized carbons (Fsp3) is 0.0294. The fourth-order valence-electron chi connectivity index (χ4n) is 11.5. The Balaban J connectivity index is 0.937. The summed E-state index contributed by atoms with van der Waals surface area (Å²) in [6, 6.07) is 88.4. The summed E-state index contributed by atoms with van der Waals surface area (Å²) in [5.74, 6) is 0. The number of rotatable bonds is 8. The lowest BCUT2D eigenvalue weighted by Gasteiger charge is -2.29. The van der Waals surface area contributed by atoms with Gasteiger partial charge in [-0.2, -0.15) is 0 Å². The molecule has 13 aromatic rings. The molecule has 3 nitrogen and oxygen atoms in total. The molecule has 71 heavy (non-hydrogen) atoms. The first-order chi connectivity index (χ1) is 35.2. The van der Waals surface area contributed by atoms with Crippen LogP contribution in [0.1, 0.15) is 17.7 Å². The van der Waals surface area contributed by atoms with E-state index in [1.165, 1.54) is 71.6 Å². The van der Waals surface area contributed by atoms with Crippen LogP contribution in [0.5, 0.6) is 0 Å². The van der Waals surface area contributed by atoms with Crippen LogP contribution in [0.4, 0.5) is 17.1 Å². The van der Waals surface area contributed by atoms with Crippen LogP contribution in [-0.4, -0.2) is 4.57 Å². The summed E-state index contributed by atoms with van der Waals surface area (Å²) in [7, 11) is 0. The Hall–Kier alpha value is -9.18. The van der Waals surface area contributed by atoms with Crippen LogP contribution < -0.4 is 4.90 Å². The molecule has 2 aromatic heterocycles. The molecular formula is C68H46N2O. The third kappa shape index (κ3) is 6.73. The first-order valence-corrected chi connectivity index (χ1v) is 24.6. The second kappa shape index (κ2) is 16.8. The van der Waals surface area contributed by atoms with Gasteiger partial charge >= 0.3 is 0 Å². The van der Waals surface area contributed by atoms with E-state index in [-0.39, 0.29) is 0 Å². The number of nitrogens with zero attached hydrogens (tertiary/aromatic N) is 2. The maximum Gasteiger partial charge on any atom is 0.143 e. The molecule has 0 aliphatic heterocycles. The average molecular weight is 907 g/mol. The van der Waals surface area contributed by atoms with Crippen molar-refractivity contribution in [1.82, 2.24) is 4.57 Å². The van der Waals surface area contributed by atoms with Gasteiger partial charge in [0.25, 0.3) is 0 Å². The molecule has 14 rings (SSSR count). The highest BCUT2D eigenvalue weighted by Gasteiger charge is 2.23. The monoisotopic (exact) mass is 906 g/mol. The van der Waals surface area contributed by atoms with Crippen molar-refractivity contribution in [3.63, 3.8) is 0 Å². The Morgan fingerprint density at radius 2 is 1.04 bits per heavy atom. The number of aromatic nitrogens is 1. The molecule has 0 saturated heterocycles. The van der Waals surface area contributed by atoms with E-state index in [2.05, 4.69) is 258 Å². The van der Waals surface area contributed by atoms with Crippen molar-refractivity contribution in [2.24, 2.45) is 0 Å². The third-order valence-corrected chi connectivity index (χ3v) is 14.7. The Labute approximate surface area is 412 Å². The van der Waals surface area contributed by atoms with E-state index in [1.54, 1.807) is 0 Å². The van der Waals surface area contributed by atoms with Gasteiger partial charge in [-0.05, 0) is 128 Å². The van der Waals surface area contributed by atoms with Crippen molar-refractivity contribution in [2.45, 2.75) is 12.8 Å². The molecule has 0 atom stereocenters. The predicted molar refractivity (Wildman–Crippen MR) is 299 cm³/mol. The Morgan fingerprint density at radius 3 is 1.92 bits per heavy atom. The number of furan rings is 1. The number of allylic oxidation sites excluding steroid dienone is 1. The lowest BCUT2D eigenvalue weighted by molar-refractivity contribution is 0.670. The number of para-hydroxylation sites is 5. The Kier molecular flexibility index (Phi) is 9.67. The van der Waals surface area contributed by atoms with Gasteiger partial charge in [-0.3, -0.25) is 0 Å². The number of hydrogen-bond acceptors (Lipinski definition) is 2. The molecule has 0 N–H and O–H groups in total. The minimum absolute atomic E-state index is 0.892. The van der Waals surface area contributed by atoms with Gasteiger partial charge in [-0.25, -0.2) is 0 Å². The molecule has 334 valence electrons. The van der Waals surface area contributed by atoms with Crippen molar-refractivity contribution < 1.29 is 4.42 Å². The third-order valence-electron chi connectivity index (χ3n) is 14.7. The van der Waals surface area contributed by atoms with Crippen molar-refractivity contribution in [3.8, 4) is 50.2 Å². The number of hydrogen-bond donors (Lipinski definition) is 0. The van der Waals surface area contributed by atoms with E-state index in [9.17, 15) is 0 Å². The van der Waals surface area contributed by atoms with Crippen molar-refractivity contribution in [2.75, 3.05) is 4.90 Å². The van der Waals surface area contributed by atoms with Gasteiger partial charge < -0.3 is 13.9 Å². The van der Waals surface area contributed by atoms with Crippen LogP contribution in [-0.2, 0) is 6.42 Å². The predicted octanol–water partition coefficient (Wildman–Crippen LogP) is 18.9. The zero-order chi connectivity index (χ0) is 46.8. The minimum Gasteiger partial charge on any atom is -0.455 e. The zero-order valence-corrected chi connectivity index (χ0v) is 39.0. The molecule has 0 bridgehead atoms. The second-order valence-corrected chi connectivity index (χ2v) is 18.6. The molecule has 3 heteroatoms. The summed E-state index contributed by atoms with van der Waals surface area (Å²) in [5, 5.41) is 8.51. The van der Waals surface area contributed by atoms with E-state index >= 15 is 0 Å². The molecule has 0 spiro atoms. The van der Waals surface area contributed by atoms with Gasteiger partial charge in [0.1, 0.15) is 11.2 Å². The standard InChI is InChI=1S/C68H46N2O/c1-2-23-51-47(19-1)44-62(55-26-6-5-24-53(51)55)59-30-10-12-34-63(59)69(49-21-17-20-46(43-49)52-32-18-33-61-60-31-11-16-38-67(60)71-68(52)61)48-41-39-45(40-42-48)50-22-3-4-25-54(50)56-27-7-13-35-64(56)70-65-36-14-8-28-57(65)58-29-9-15-37-66(58)70/h1-8,10-28,30-44H,9,29H2. The molecule has 1 aliphatic carbocycles. The van der Waals surface area contributed by atoms with E-state index in [0.717, 1.165) is 74.1 Å². The lowest BCUT2D eigenvalue weighted by atomic mass is 9.91. The number of fused-ring (bicyclic) bond motifs is 9. The van der Waals surface area contributed by atoms with E-state index in [1.807, 2.05) is 6.07 Å². The summed E-state index contributed by atoms with van der Waals surface area (Å²) in [5.41, 5.74) is 19.3. The first-order valence-electron chi connectivity index (χ1n) is 24.6. The van der Waals surface area contributed by atoms with Gasteiger partial charge in [0, 0.05) is 49.9 Å².